The first kappa shape index (κ1) is 10.0. The highest BCUT2D eigenvalue weighted by atomic mass is 127. The highest BCUT2D eigenvalue weighted by Gasteiger charge is 2.02. The van der Waals surface area contributed by atoms with Crippen molar-refractivity contribution in [2.75, 3.05) is 5.32 Å². The zero-order chi connectivity index (χ0) is 9.14. The van der Waals surface area contributed by atoms with E-state index in [0.29, 0.717) is 5.69 Å². The number of anilines is 1. The quantitative estimate of drug-likeness (QED) is 0.336. The van der Waals surface area contributed by atoms with Crippen molar-refractivity contribution in [3.63, 3.8) is 0 Å². The van der Waals surface area contributed by atoms with Gasteiger partial charge in [0.15, 0.2) is 0 Å². The average molecular weight is 389 g/mol. The van der Waals surface area contributed by atoms with Gasteiger partial charge in [0, 0.05) is 26.2 Å². The molecule has 1 rings (SSSR count). The van der Waals surface area contributed by atoms with E-state index in [1.54, 1.807) is 34.7 Å². The summed E-state index contributed by atoms with van der Waals surface area (Å²) in [5.41, 5.74) is 0.440. The molecule has 0 aliphatic carbocycles. The van der Waals surface area contributed by atoms with Crippen LogP contribution in [-0.2, 0) is 0 Å². The van der Waals surface area contributed by atoms with Crippen LogP contribution in [0.15, 0.2) is 18.2 Å². The smallest absolute Gasteiger partial charge is 0.285 e. The molecule has 0 bridgehead atoms. The van der Waals surface area contributed by atoms with Crippen molar-refractivity contribution in [1.82, 2.24) is 0 Å². The summed E-state index contributed by atoms with van der Waals surface area (Å²) >= 11 is 3.69. The summed E-state index contributed by atoms with van der Waals surface area (Å²) in [6.07, 6.45) is 0. The van der Waals surface area contributed by atoms with Gasteiger partial charge in [-0.05, 0) is 40.8 Å². The van der Waals surface area contributed by atoms with E-state index in [9.17, 15) is 9.90 Å². The largest absolute Gasteiger partial charge is 0.506 e. The minimum absolute atomic E-state index is 0.0897. The molecule has 0 aliphatic rings. The number of aromatic hydroxyl groups is 1. The molecule has 12 heavy (non-hydrogen) atoms. The monoisotopic (exact) mass is 389 g/mol. The maximum Gasteiger partial charge on any atom is 0.285 e. The molecule has 1 amide bonds. The third-order valence-electron chi connectivity index (χ3n) is 1.19. The normalized spacial score (nSPS) is 9.50. The summed E-state index contributed by atoms with van der Waals surface area (Å²) in [5.74, 6) is 0.0897. The van der Waals surface area contributed by atoms with E-state index >= 15 is 0 Å². The molecule has 3 nitrogen and oxygen atoms in total. The summed E-state index contributed by atoms with van der Waals surface area (Å²) in [7, 11) is 0. The molecule has 0 aliphatic heterocycles. The number of amides is 1. The Balaban J connectivity index is 2.93. The molecule has 64 valence electrons. The fourth-order valence-electron chi connectivity index (χ4n) is 0.716. The van der Waals surface area contributed by atoms with Crippen LogP contribution < -0.4 is 5.32 Å². The van der Waals surface area contributed by atoms with Gasteiger partial charge in [0.25, 0.3) is 3.91 Å². The molecule has 0 saturated carbocycles. The molecule has 1 aromatic carbocycles. The van der Waals surface area contributed by atoms with Crippen LogP contribution in [0.3, 0.4) is 0 Å². The lowest BCUT2D eigenvalue weighted by Gasteiger charge is -2.03. The number of carbonyl (C=O) groups excluding carboxylic acids is 1. The average Bonchev–Trinajstić information content (AvgIpc) is 1.94. The molecule has 0 saturated heterocycles. The van der Waals surface area contributed by atoms with Crippen molar-refractivity contribution in [2.45, 2.75) is 0 Å². The standard InChI is InChI=1S/C7H5I2NO2/c8-4-1-2-5(6(11)3-4)10-7(9)12/h1-3,11H,(H,10,12). The third kappa shape index (κ3) is 2.77. The minimum Gasteiger partial charge on any atom is -0.506 e. The number of phenolic OH excluding ortho intramolecular Hbond substituents is 1. The van der Waals surface area contributed by atoms with Crippen molar-refractivity contribution < 1.29 is 9.90 Å². The first-order valence-electron chi connectivity index (χ1n) is 3.04. The van der Waals surface area contributed by atoms with Crippen molar-refractivity contribution >= 4 is 54.8 Å². The third-order valence-corrected chi connectivity index (χ3v) is 2.13. The number of hydrogen-bond acceptors (Lipinski definition) is 2. The highest BCUT2D eigenvalue weighted by molar-refractivity contribution is 14.1. The Morgan fingerprint density at radius 3 is 2.67 bits per heavy atom. The molecule has 5 heteroatoms. The van der Waals surface area contributed by atoms with Gasteiger partial charge in [-0.2, -0.15) is 0 Å². The molecule has 2 N–H and O–H groups in total. The number of carbonyl (C=O) groups is 1. The van der Waals surface area contributed by atoms with E-state index < -0.39 is 0 Å². The predicted molar refractivity (Wildman–Crippen MR) is 63.9 cm³/mol. The van der Waals surface area contributed by atoms with E-state index in [1.165, 1.54) is 0 Å². The van der Waals surface area contributed by atoms with Crippen LogP contribution in [0, 0.1) is 3.57 Å². The fourth-order valence-corrected chi connectivity index (χ4v) is 1.48. The summed E-state index contributed by atoms with van der Waals surface area (Å²) in [6.45, 7) is 0. The van der Waals surface area contributed by atoms with Crippen molar-refractivity contribution in [2.24, 2.45) is 0 Å². The Morgan fingerprint density at radius 2 is 2.17 bits per heavy atom. The second-order valence-electron chi connectivity index (χ2n) is 2.06. The van der Waals surface area contributed by atoms with Crippen LogP contribution in [-0.4, -0.2) is 9.02 Å². The Morgan fingerprint density at radius 1 is 1.50 bits per heavy atom. The SMILES string of the molecule is O=C(I)Nc1ccc(I)cc1O. The molecule has 0 spiro atoms. The van der Waals surface area contributed by atoms with Gasteiger partial charge in [-0.3, -0.25) is 4.79 Å². The second kappa shape index (κ2) is 4.26. The van der Waals surface area contributed by atoms with Crippen LogP contribution in [0.5, 0.6) is 5.75 Å². The lowest BCUT2D eigenvalue weighted by atomic mass is 10.3. The number of hydrogen-bond donors (Lipinski definition) is 2. The Hall–Kier alpha value is -0.0500. The van der Waals surface area contributed by atoms with E-state index in [0.717, 1.165) is 3.57 Å². The molecule has 0 unspecified atom stereocenters. The van der Waals surface area contributed by atoms with Crippen LogP contribution in [0.4, 0.5) is 10.5 Å². The topological polar surface area (TPSA) is 49.3 Å². The van der Waals surface area contributed by atoms with Crippen LogP contribution in [0.2, 0.25) is 0 Å². The van der Waals surface area contributed by atoms with Gasteiger partial charge < -0.3 is 10.4 Å². The van der Waals surface area contributed by atoms with E-state index in [1.807, 2.05) is 6.07 Å². The van der Waals surface area contributed by atoms with Crippen molar-refractivity contribution in [1.29, 1.82) is 0 Å². The van der Waals surface area contributed by atoms with Gasteiger partial charge in [0.1, 0.15) is 5.75 Å². The maximum atomic E-state index is 10.6. The van der Waals surface area contributed by atoms with Gasteiger partial charge >= 0.3 is 0 Å². The van der Waals surface area contributed by atoms with Crippen molar-refractivity contribution in [3.05, 3.63) is 21.8 Å². The number of nitrogens with one attached hydrogen (secondary N) is 1. The fraction of sp³-hybridized carbons (Fsp3) is 0. The van der Waals surface area contributed by atoms with Crippen molar-refractivity contribution in [3.8, 4) is 5.75 Å². The number of phenols is 1. The van der Waals surface area contributed by atoms with E-state index in [4.69, 9.17) is 0 Å². The van der Waals surface area contributed by atoms with Gasteiger partial charge in [-0.15, -0.1) is 0 Å². The Labute approximate surface area is 96.8 Å². The lowest BCUT2D eigenvalue weighted by molar-refractivity contribution is 0.271. The molecule has 1 aromatic rings. The Kier molecular flexibility index (Phi) is 3.56. The molecular formula is C7H5I2NO2. The molecule has 0 fully saturated rings. The summed E-state index contributed by atoms with van der Waals surface area (Å²) in [6, 6.07) is 5.05. The second-order valence-corrected chi connectivity index (χ2v) is 4.29. The molecule has 0 aromatic heterocycles. The predicted octanol–water partition coefficient (Wildman–Crippen LogP) is 2.96. The molecule has 0 radical (unpaired) electrons. The summed E-state index contributed by atoms with van der Waals surface area (Å²) < 4.78 is 0.709. The van der Waals surface area contributed by atoms with Crippen LogP contribution >= 0.6 is 45.2 Å². The maximum absolute atomic E-state index is 10.6. The molecule has 0 atom stereocenters. The zero-order valence-electron chi connectivity index (χ0n) is 5.84. The Bertz CT molecular complexity index is 314. The number of benzene rings is 1. The van der Waals surface area contributed by atoms with Gasteiger partial charge in [-0.1, -0.05) is 0 Å². The first-order valence-corrected chi connectivity index (χ1v) is 5.20. The molecular weight excluding hydrogens is 384 g/mol. The first-order chi connectivity index (χ1) is 5.59. The van der Waals surface area contributed by atoms with Gasteiger partial charge in [0.2, 0.25) is 0 Å². The van der Waals surface area contributed by atoms with Crippen LogP contribution in [0.1, 0.15) is 0 Å². The summed E-state index contributed by atoms with van der Waals surface area (Å²) in [5, 5.41) is 11.8. The van der Waals surface area contributed by atoms with Crippen LogP contribution in [0.25, 0.3) is 0 Å². The van der Waals surface area contributed by atoms with E-state index in [2.05, 4.69) is 27.9 Å². The summed E-state index contributed by atoms with van der Waals surface area (Å²) in [4.78, 5) is 10.6. The molecule has 0 heterocycles. The zero-order valence-corrected chi connectivity index (χ0v) is 10.2. The highest BCUT2D eigenvalue weighted by Crippen LogP contribution is 2.25. The number of rotatable bonds is 1. The van der Waals surface area contributed by atoms with Gasteiger partial charge in [0.05, 0.1) is 5.69 Å². The number of halogens is 2. The lowest BCUT2D eigenvalue weighted by Crippen LogP contribution is -2.00. The minimum atomic E-state index is -0.218. The van der Waals surface area contributed by atoms with Gasteiger partial charge in [-0.25, -0.2) is 0 Å². The van der Waals surface area contributed by atoms with E-state index in [-0.39, 0.29) is 9.66 Å².